The van der Waals surface area contributed by atoms with Crippen LogP contribution in [0.5, 0.6) is 0 Å². The maximum Gasteiger partial charge on any atom is 0.412 e. The average Bonchev–Trinajstić information content (AvgIpc) is 3.01. The van der Waals surface area contributed by atoms with Gasteiger partial charge in [0.2, 0.25) is 0 Å². The van der Waals surface area contributed by atoms with Gasteiger partial charge in [0.1, 0.15) is 17.7 Å². The summed E-state index contributed by atoms with van der Waals surface area (Å²) in [5.74, 6) is 0. The molecule has 0 spiro atoms. The summed E-state index contributed by atoms with van der Waals surface area (Å²) in [6.45, 7) is 1.70. The Kier molecular flexibility index (Phi) is 5.08. The first kappa shape index (κ1) is 17.8. The molecule has 2 heterocycles. The Morgan fingerprint density at radius 2 is 2.07 bits per heavy atom. The minimum absolute atomic E-state index is 0.268. The van der Waals surface area contributed by atoms with E-state index in [0.717, 1.165) is 5.52 Å². The van der Waals surface area contributed by atoms with Crippen molar-refractivity contribution in [1.82, 2.24) is 4.98 Å². The molecular formula is C20H18N4O4. The van der Waals surface area contributed by atoms with Gasteiger partial charge in [-0.3, -0.25) is 5.32 Å². The van der Waals surface area contributed by atoms with Crippen LogP contribution in [0, 0.1) is 11.3 Å². The highest BCUT2D eigenvalue weighted by Gasteiger charge is 2.25. The van der Waals surface area contributed by atoms with Gasteiger partial charge < -0.3 is 18.8 Å². The summed E-state index contributed by atoms with van der Waals surface area (Å²) >= 11 is 0. The van der Waals surface area contributed by atoms with E-state index >= 15 is 0 Å². The second kappa shape index (κ2) is 7.98. The lowest BCUT2D eigenvalue weighted by Crippen LogP contribution is -2.36. The minimum Gasteiger partial charge on any atom is -0.442 e. The predicted molar refractivity (Wildman–Crippen MR) is 102 cm³/mol. The molecule has 8 heteroatoms. The van der Waals surface area contributed by atoms with Gasteiger partial charge in [0.15, 0.2) is 5.58 Å². The largest absolute Gasteiger partial charge is 0.442 e. The Bertz CT molecular complexity index is 993. The second-order valence-electron chi connectivity index (χ2n) is 6.29. The maximum absolute atomic E-state index is 12.3. The van der Waals surface area contributed by atoms with E-state index in [9.17, 15) is 4.79 Å². The molecule has 8 nitrogen and oxygen atoms in total. The molecule has 2 aromatic carbocycles. The van der Waals surface area contributed by atoms with E-state index in [1.54, 1.807) is 24.3 Å². The molecule has 0 bridgehead atoms. The Morgan fingerprint density at radius 1 is 1.25 bits per heavy atom. The number of nitrogens with zero attached hydrogens (tertiary/aromatic N) is 3. The van der Waals surface area contributed by atoms with Crippen LogP contribution in [0.3, 0.4) is 0 Å². The smallest absolute Gasteiger partial charge is 0.412 e. The lowest BCUT2D eigenvalue weighted by molar-refractivity contribution is 0.0443. The quantitative estimate of drug-likeness (QED) is 0.747. The number of carbonyl (C=O) groups excluding carboxylic acids is 1. The van der Waals surface area contributed by atoms with Crippen molar-refractivity contribution in [1.29, 1.82) is 5.26 Å². The fourth-order valence-corrected chi connectivity index (χ4v) is 3.00. The van der Waals surface area contributed by atoms with Gasteiger partial charge in [-0.2, -0.15) is 10.2 Å². The van der Waals surface area contributed by atoms with Crippen LogP contribution in [-0.4, -0.2) is 43.5 Å². The number of benzene rings is 2. The zero-order valence-electron chi connectivity index (χ0n) is 15.0. The molecule has 28 heavy (non-hydrogen) atoms. The van der Waals surface area contributed by atoms with E-state index in [2.05, 4.69) is 10.3 Å². The van der Waals surface area contributed by atoms with Gasteiger partial charge in [-0.15, -0.1) is 0 Å². The molecule has 1 aromatic heterocycles. The van der Waals surface area contributed by atoms with Gasteiger partial charge >= 0.3 is 6.09 Å². The number of rotatable bonds is 3. The van der Waals surface area contributed by atoms with Crippen molar-refractivity contribution in [2.75, 3.05) is 36.5 Å². The number of hydrogen-bond donors (Lipinski definition) is 1. The number of anilines is 2. The third-order valence-electron chi connectivity index (χ3n) is 4.34. The SMILES string of the molecule is N#Cc1ccccc1NC(=O)OC1COCCN(c2nc3ccccc3o2)C1. The number of oxazole rings is 1. The Hall–Kier alpha value is -3.57. The Labute approximate surface area is 161 Å². The molecule has 1 aliphatic heterocycles. The lowest BCUT2D eigenvalue weighted by atomic mass is 10.2. The third-order valence-corrected chi connectivity index (χ3v) is 4.34. The maximum atomic E-state index is 12.3. The molecule has 1 fully saturated rings. The summed E-state index contributed by atoms with van der Waals surface area (Å²) in [6.07, 6.45) is -1.15. The molecule has 0 saturated carbocycles. The first-order chi connectivity index (χ1) is 13.7. The van der Waals surface area contributed by atoms with Gasteiger partial charge in [0, 0.05) is 6.54 Å². The summed E-state index contributed by atoms with van der Waals surface area (Å²) in [6, 6.07) is 16.8. The van der Waals surface area contributed by atoms with E-state index in [0.29, 0.717) is 42.5 Å². The van der Waals surface area contributed by atoms with Crippen LogP contribution in [-0.2, 0) is 9.47 Å². The highest BCUT2D eigenvalue weighted by atomic mass is 16.6. The van der Waals surface area contributed by atoms with E-state index in [1.807, 2.05) is 35.2 Å². The van der Waals surface area contributed by atoms with Crippen LogP contribution >= 0.6 is 0 Å². The predicted octanol–water partition coefficient (Wildman–Crippen LogP) is 3.15. The minimum atomic E-state index is -0.643. The zero-order valence-corrected chi connectivity index (χ0v) is 15.0. The van der Waals surface area contributed by atoms with Gasteiger partial charge in [-0.05, 0) is 24.3 Å². The van der Waals surface area contributed by atoms with E-state index in [4.69, 9.17) is 19.2 Å². The number of nitriles is 1. The highest BCUT2D eigenvalue weighted by molar-refractivity contribution is 5.86. The Morgan fingerprint density at radius 3 is 2.93 bits per heavy atom. The number of fused-ring (bicyclic) bond motifs is 1. The van der Waals surface area contributed by atoms with Crippen LogP contribution in [0.25, 0.3) is 11.1 Å². The topological polar surface area (TPSA) is 101 Å². The molecule has 1 aliphatic rings. The van der Waals surface area contributed by atoms with Gasteiger partial charge in [-0.25, -0.2) is 4.79 Å². The molecular weight excluding hydrogens is 360 g/mol. The number of nitrogens with one attached hydrogen (secondary N) is 1. The lowest BCUT2D eigenvalue weighted by Gasteiger charge is -2.22. The van der Waals surface area contributed by atoms with E-state index in [1.165, 1.54) is 0 Å². The molecule has 0 radical (unpaired) electrons. The number of hydrogen-bond acceptors (Lipinski definition) is 7. The Balaban J connectivity index is 1.44. The first-order valence-electron chi connectivity index (χ1n) is 8.88. The second-order valence-corrected chi connectivity index (χ2v) is 6.29. The summed E-state index contributed by atoms with van der Waals surface area (Å²) in [7, 11) is 0. The molecule has 1 saturated heterocycles. The number of ether oxygens (including phenoxy) is 2. The molecule has 1 N–H and O–H groups in total. The van der Waals surface area contributed by atoms with E-state index in [-0.39, 0.29) is 6.61 Å². The highest BCUT2D eigenvalue weighted by Crippen LogP contribution is 2.23. The zero-order chi connectivity index (χ0) is 19.3. The monoisotopic (exact) mass is 378 g/mol. The molecule has 142 valence electrons. The first-order valence-corrected chi connectivity index (χ1v) is 8.88. The third kappa shape index (κ3) is 3.89. The van der Waals surface area contributed by atoms with Crippen molar-refractivity contribution in [3.63, 3.8) is 0 Å². The fraction of sp³-hybridized carbons (Fsp3) is 0.250. The van der Waals surface area contributed by atoms with Crippen LogP contribution in [0.2, 0.25) is 0 Å². The molecule has 4 rings (SSSR count). The number of amides is 1. The van der Waals surface area contributed by atoms with Crippen LogP contribution in [0.4, 0.5) is 16.5 Å². The normalized spacial score (nSPS) is 17.0. The van der Waals surface area contributed by atoms with Gasteiger partial charge in [-0.1, -0.05) is 24.3 Å². The summed E-state index contributed by atoms with van der Waals surface area (Å²) in [5.41, 5.74) is 2.24. The molecule has 1 amide bonds. The van der Waals surface area contributed by atoms with Crippen molar-refractivity contribution in [2.45, 2.75) is 6.10 Å². The summed E-state index contributed by atoms with van der Waals surface area (Å²) in [5, 5.41) is 11.7. The molecule has 3 aromatic rings. The average molecular weight is 378 g/mol. The fourth-order valence-electron chi connectivity index (χ4n) is 3.00. The molecule has 1 atom stereocenters. The number of para-hydroxylation sites is 3. The van der Waals surface area contributed by atoms with E-state index < -0.39 is 12.2 Å². The molecule has 0 aliphatic carbocycles. The van der Waals surface area contributed by atoms with Crippen molar-refractivity contribution in [3.8, 4) is 6.07 Å². The van der Waals surface area contributed by atoms with Crippen LogP contribution in [0.15, 0.2) is 52.9 Å². The van der Waals surface area contributed by atoms with Crippen molar-refractivity contribution < 1.29 is 18.7 Å². The van der Waals surface area contributed by atoms with Crippen molar-refractivity contribution in [3.05, 3.63) is 54.1 Å². The van der Waals surface area contributed by atoms with Gasteiger partial charge in [0.25, 0.3) is 6.01 Å². The summed E-state index contributed by atoms with van der Waals surface area (Å²) < 4.78 is 16.9. The standard InChI is InChI=1S/C20H18N4O4/c21-11-14-5-1-2-6-16(14)23-20(25)27-15-12-24(9-10-26-13-15)19-22-17-7-3-4-8-18(17)28-19/h1-8,15H,9-10,12-13H2,(H,23,25). The molecule has 1 unspecified atom stereocenters. The van der Waals surface area contributed by atoms with Crippen molar-refractivity contribution in [2.24, 2.45) is 0 Å². The van der Waals surface area contributed by atoms with Crippen molar-refractivity contribution >= 4 is 28.9 Å². The van der Waals surface area contributed by atoms with Crippen LogP contribution in [0.1, 0.15) is 5.56 Å². The van der Waals surface area contributed by atoms with Crippen LogP contribution < -0.4 is 10.2 Å². The number of aromatic nitrogens is 1. The van der Waals surface area contributed by atoms with Gasteiger partial charge in [0.05, 0.1) is 31.0 Å². The summed E-state index contributed by atoms with van der Waals surface area (Å²) in [4.78, 5) is 18.7. The number of carbonyl (C=O) groups is 1.